The number of nitrogens with one attached hydrogen (secondary N) is 2. The first-order valence-corrected chi connectivity index (χ1v) is 7.42. The number of rotatable bonds is 3. The lowest BCUT2D eigenvalue weighted by Gasteiger charge is -2.37. The van der Waals surface area contributed by atoms with E-state index in [1.807, 2.05) is 0 Å². The Kier molecular flexibility index (Phi) is 4.32. The summed E-state index contributed by atoms with van der Waals surface area (Å²) in [5, 5.41) is 7.32. The van der Waals surface area contributed by atoms with Crippen LogP contribution >= 0.6 is 0 Å². The van der Waals surface area contributed by atoms with Gasteiger partial charge in [0.15, 0.2) is 0 Å². The van der Waals surface area contributed by atoms with Crippen LogP contribution < -0.4 is 10.6 Å². The van der Waals surface area contributed by atoms with E-state index in [-0.39, 0.29) is 5.54 Å². The van der Waals surface area contributed by atoms with E-state index in [9.17, 15) is 0 Å². The molecule has 0 radical (unpaired) electrons. The minimum Gasteiger partial charge on any atom is -0.312 e. The SMILES string of the molecule is Cc1cc(C)c(CNC2CCNC(C)(C)C2)cc1C. The first kappa shape index (κ1) is 14.5. The molecule has 0 saturated carbocycles. The van der Waals surface area contributed by atoms with E-state index >= 15 is 0 Å². The zero-order valence-corrected chi connectivity index (χ0v) is 13.1. The number of hydrogen-bond donors (Lipinski definition) is 2. The van der Waals surface area contributed by atoms with Crippen LogP contribution in [0.1, 0.15) is 48.9 Å². The zero-order valence-electron chi connectivity index (χ0n) is 13.1. The van der Waals surface area contributed by atoms with Crippen LogP contribution in [0.5, 0.6) is 0 Å². The normalized spacial score (nSPS) is 22.5. The summed E-state index contributed by atoms with van der Waals surface area (Å²) in [6.45, 7) is 13.3. The molecule has 0 amide bonds. The predicted octanol–water partition coefficient (Wildman–Crippen LogP) is 3.23. The van der Waals surface area contributed by atoms with Gasteiger partial charge in [-0.05, 0) is 76.3 Å². The highest BCUT2D eigenvalue weighted by Crippen LogP contribution is 2.20. The van der Waals surface area contributed by atoms with Crippen LogP contribution in [-0.2, 0) is 6.54 Å². The molecular weight excluding hydrogens is 232 g/mol. The van der Waals surface area contributed by atoms with Crippen molar-refractivity contribution in [2.24, 2.45) is 0 Å². The second kappa shape index (κ2) is 5.64. The van der Waals surface area contributed by atoms with Crippen LogP contribution in [-0.4, -0.2) is 18.1 Å². The summed E-state index contributed by atoms with van der Waals surface area (Å²) in [7, 11) is 0. The smallest absolute Gasteiger partial charge is 0.0210 e. The topological polar surface area (TPSA) is 24.1 Å². The summed E-state index contributed by atoms with van der Waals surface area (Å²) in [6.07, 6.45) is 2.43. The molecule has 0 aromatic heterocycles. The van der Waals surface area contributed by atoms with Crippen molar-refractivity contribution in [3.8, 4) is 0 Å². The Morgan fingerprint density at radius 2 is 1.84 bits per heavy atom. The molecule has 1 heterocycles. The first-order chi connectivity index (χ1) is 8.87. The first-order valence-electron chi connectivity index (χ1n) is 7.42. The highest BCUT2D eigenvalue weighted by Gasteiger charge is 2.26. The second-order valence-electron chi connectivity index (χ2n) is 6.74. The molecular formula is C17H28N2. The lowest BCUT2D eigenvalue weighted by atomic mass is 9.89. The number of hydrogen-bond acceptors (Lipinski definition) is 2. The van der Waals surface area contributed by atoms with Gasteiger partial charge in [0.2, 0.25) is 0 Å². The van der Waals surface area contributed by atoms with Gasteiger partial charge in [-0.1, -0.05) is 12.1 Å². The minimum atomic E-state index is 0.272. The largest absolute Gasteiger partial charge is 0.312 e. The van der Waals surface area contributed by atoms with E-state index in [0.29, 0.717) is 6.04 Å². The lowest BCUT2D eigenvalue weighted by Crippen LogP contribution is -2.51. The molecule has 1 aliphatic heterocycles. The van der Waals surface area contributed by atoms with Crippen LogP contribution in [0.2, 0.25) is 0 Å². The van der Waals surface area contributed by atoms with Gasteiger partial charge in [-0.2, -0.15) is 0 Å². The monoisotopic (exact) mass is 260 g/mol. The lowest BCUT2D eigenvalue weighted by molar-refractivity contribution is 0.247. The molecule has 2 N–H and O–H groups in total. The Morgan fingerprint density at radius 3 is 2.53 bits per heavy atom. The average Bonchev–Trinajstić information content (AvgIpc) is 2.31. The van der Waals surface area contributed by atoms with Crippen molar-refractivity contribution in [1.29, 1.82) is 0 Å². The van der Waals surface area contributed by atoms with Crippen LogP contribution in [0.4, 0.5) is 0 Å². The molecule has 0 aliphatic carbocycles. The van der Waals surface area contributed by atoms with Crippen molar-refractivity contribution in [3.05, 3.63) is 34.4 Å². The van der Waals surface area contributed by atoms with Gasteiger partial charge in [-0.3, -0.25) is 0 Å². The molecule has 106 valence electrons. The Bertz CT molecular complexity index is 449. The van der Waals surface area contributed by atoms with Gasteiger partial charge in [0.25, 0.3) is 0 Å². The third-order valence-corrected chi connectivity index (χ3v) is 4.39. The summed E-state index contributed by atoms with van der Waals surface area (Å²) in [6, 6.07) is 5.28. The highest BCUT2D eigenvalue weighted by molar-refractivity contribution is 5.36. The molecule has 1 atom stereocenters. The van der Waals surface area contributed by atoms with Crippen molar-refractivity contribution in [2.75, 3.05) is 6.54 Å². The molecule has 2 heteroatoms. The van der Waals surface area contributed by atoms with Crippen LogP contribution in [0.15, 0.2) is 12.1 Å². The van der Waals surface area contributed by atoms with Gasteiger partial charge < -0.3 is 10.6 Å². The Morgan fingerprint density at radius 1 is 1.16 bits per heavy atom. The second-order valence-corrected chi connectivity index (χ2v) is 6.74. The van der Waals surface area contributed by atoms with Crippen molar-refractivity contribution >= 4 is 0 Å². The highest BCUT2D eigenvalue weighted by atomic mass is 15.0. The average molecular weight is 260 g/mol. The fourth-order valence-corrected chi connectivity index (χ4v) is 3.01. The molecule has 1 aromatic carbocycles. The van der Waals surface area contributed by atoms with E-state index in [1.54, 1.807) is 0 Å². The fourth-order valence-electron chi connectivity index (χ4n) is 3.01. The number of aryl methyl sites for hydroxylation is 3. The number of benzene rings is 1. The Labute approximate surface area is 118 Å². The maximum atomic E-state index is 3.74. The standard InChI is InChI=1S/C17H28N2/c1-12-8-14(3)15(9-13(12)2)11-18-16-6-7-19-17(4,5)10-16/h8-9,16,18-19H,6-7,10-11H2,1-5H3. The maximum Gasteiger partial charge on any atom is 0.0210 e. The fraction of sp³-hybridized carbons (Fsp3) is 0.647. The molecule has 1 unspecified atom stereocenters. The van der Waals surface area contributed by atoms with Crippen molar-refractivity contribution in [1.82, 2.24) is 10.6 Å². The molecule has 2 rings (SSSR count). The van der Waals surface area contributed by atoms with E-state index in [2.05, 4.69) is 57.4 Å². The summed E-state index contributed by atoms with van der Waals surface area (Å²) in [4.78, 5) is 0. The van der Waals surface area contributed by atoms with E-state index in [4.69, 9.17) is 0 Å². The third-order valence-electron chi connectivity index (χ3n) is 4.39. The van der Waals surface area contributed by atoms with Gasteiger partial charge in [0.05, 0.1) is 0 Å². The molecule has 1 aliphatic rings. The van der Waals surface area contributed by atoms with E-state index in [0.717, 1.165) is 13.1 Å². The summed E-state index contributed by atoms with van der Waals surface area (Å²) < 4.78 is 0. The summed E-state index contributed by atoms with van der Waals surface area (Å²) in [5.41, 5.74) is 5.91. The van der Waals surface area contributed by atoms with Gasteiger partial charge in [0, 0.05) is 18.1 Å². The van der Waals surface area contributed by atoms with Gasteiger partial charge in [-0.15, -0.1) is 0 Å². The molecule has 1 aromatic rings. The summed E-state index contributed by atoms with van der Waals surface area (Å²) in [5.74, 6) is 0. The van der Waals surface area contributed by atoms with E-state index < -0.39 is 0 Å². The minimum absolute atomic E-state index is 0.272. The van der Waals surface area contributed by atoms with Gasteiger partial charge in [0.1, 0.15) is 0 Å². The van der Waals surface area contributed by atoms with Crippen molar-refractivity contribution in [3.63, 3.8) is 0 Å². The van der Waals surface area contributed by atoms with Gasteiger partial charge >= 0.3 is 0 Å². The van der Waals surface area contributed by atoms with Crippen LogP contribution in [0.25, 0.3) is 0 Å². The Balaban J connectivity index is 1.97. The van der Waals surface area contributed by atoms with Crippen molar-refractivity contribution in [2.45, 2.75) is 65.6 Å². The van der Waals surface area contributed by atoms with Crippen LogP contribution in [0, 0.1) is 20.8 Å². The number of piperidine rings is 1. The molecule has 2 nitrogen and oxygen atoms in total. The summed E-state index contributed by atoms with van der Waals surface area (Å²) >= 11 is 0. The Hall–Kier alpha value is -0.860. The van der Waals surface area contributed by atoms with Crippen molar-refractivity contribution < 1.29 is 0 Å². The molecule has 0 spiro atoms. The molecule has 19 heavy (non-hydrogen) atoms. The van der Waals surface area contributed by atoms with E-state index in [1.165, 1.54) is 35.1 Å². The third kappa shape index (κ3) is 3.80. The predicted molar refractivity (Wildman–Crippen MR) is 82.6 cm³/mol. The quantitative estimate of drug-likeness (QED) is 0.872. The van der Waals surface area contributed by atoms with Gasteiger partial charge in [-0.25, -0.2) is 0 Å². The molecule has 0 bridgehead atoms. The maximum absolute atomic E-state index is 3.74. The molecule has 1 saturated heterocycles. The molecule has 1 fully saturated rings. The van der Waals surface area contributed by atoms with Crippen LogP contribution in [0.3, 0.4) is 0 Å². The zero-order chi connectivity index (χ0) is 14.0.